The van der Waals surface area contributed by atoms with E-state index in [4.69, 9.17) is 0 Å². The maximum absolute atomic E-state index is 12.7. The van der Waals surface area contributed by atoms with Gasteiger partial charge in [-0.3, -0.25) is 4.79 Å². The van der Waals surface area contributed by atoms with E-state index in [1.807, 2.05) is 0 Å². The van der Waals surface area contributed by atoms with Crippen LogP contribution in [-0.2, 0) is 0 Å². The highest BCUT2D eigenvalue weighted by atomic mass is 19.1. The fourth-order valence-electron chi connectivity index (χ4n) is 2.47. The Kier molecular flexibility index (Phi) is 2.17. The molecule has 1 aromatic carbocycles. The standard InChI is InChI=1S/C12H13FN2O/c13-8-3-1-7(2-4-8)12(16)15-11-9-5-14-6-10(9)11/h1-4,9-11,14H,5-6H2,(H,15,16)/t9-,10+,11?. The maximum Gasteiger partial charge on any atom is 0.251 e. The third kappa shape index (κ3) is 1.59. The van der Waals surface area contributed by atoms with Crippen LogP contribution in [0.1, 0.15) is 10.4 Å². The lowest BCUT2D eigenvalue weighted by molar-refractivity contribution is 0.0946. The number of hydrogen-bond donors (Lipinski definition) is 2. The van der Waals surface area contributed by atoms with Gasteiger partial charge < -0.3 is 10.6 Å². The minimum Gasteiger partial charge on any atom is -0.349 e. The predicted molar refractivity (Wildman–Crippen MR) is 57.5 cm³/mol. The Morgan fingerprint density at radius 3 is 2.50 bits per heavy atom. The molecule has 1 aromatic rings. The van der Waals surface area contributed by atoms with Crippen molar-refractivity contribution in [3.63, 3.8) is 0 Å². The van der Waals surface area contributed by atoms with E-state index in [1.165, 1.54) is 24.3 Å². The van der Waals surface area contributed by atoms with Crippen LogP contribution in [0.4, 0.5) is 4.39 Å². The number of benzene rings is 1. The van der Waals surface area contributed by atoms with E-state index in [0.29, 0.717) is 23.4 Å². The summed E-state index contributed by atoms with van der Waals surface area (Å²) in [6.07, 6.45) is 0. The van der Waals surface area contributed by atoms with Gasteiger partial charge in [-0.05, 0) is 36.1 Å². The summed E-state index contributed by atoms with van der Waals surface area (Å²) in [6.45, 7) is 2.00. The lowest BCUT2D eigenvalue weighted by Gasteiger charge is -2.07. The molecule has 1 saturated carbocycles. The number of nitrogens with one attached hydrogen (secondary N) is 2. The van der Waals surface area contributed by atoms with Crippen LogP contribution in [0.25, 0.3) is 0 Å². The first kappa shape index (κ1) is 9.78. The molecule has 1 aliphatic carbocycles. The summed E-state index contributed by atoms with van der Waals surface area (Å²) in [5.41, 5.74) is 0.527. The number of carbonyl (C=O) groups is 1. The lowest BCUT2D eigenvalue weighted by Crippen LogP contribution is -2.32. The van der Waals surface area contributed by atoms with Crippen LogP contribution in [0.3, 0.4) is 0 Å². The summed E-state index contributed by atoms with van der Waals surface area (Å²) in [5.74, 6) is 0.789. The molecule has 1 amide bonds. The Morgan fingerprint density at radius 1 is 1.25 bits per heavy atom. The van der Waals surface area contributed by atoms with Gasteiger partial charge in [0.1, 0.15) is 5.82 Å². The molecule has 3 atom stereocenters. The molecule has 3 rings (SSSR count). The van der Waals surface area contributed by atoms with Gasteiger partial charge in [0.05, 0.1) is 0 Å². The molecule has 2 fully saturated rings. The SMILES string of the molecule is O=C(NC1[C@H]2CNC[C@@H]12)c1ccc(F)cc1. The van der Waals surface area contributed by atoms with Crippen LogP contribution in [0, 0.1) is 17.7 Å². The van der Waals surface area contributed by atoms with Crippen molar-refractivity contribution in [2.45, 2.75) is 6.04 Å². The molecule has 84 valence electrons. The zero-order valence-corrected chi connectivity index (χ0v) is 8.74. The molecule has 0 spiro atoms. The van der Waals surface area contributed by atoms with Crippen molar-refractivity contribution in [1.29, 1.82) is 0 Å². The number of fused-ring (bicyclic) bond motifs is 1. The first-order chi connectivity index (χ1) is 7.75. The van der Waals surface area contributed by atoms with Crippen LogP contribution >= 0.6 is 0 Å². The molecule has 16 heavy (non-hydrogen) atoms. The number of amides is 1. The Balaban J connectivity index is 1.63. The van der Waals surface area contributed by atoms with Gasteiger partial charge in [0.15, 0.2) is 0 Å². The van der Waals surface area contributed by atoms with E-state index in [0.717, 1.165) is 13.1 Å². The quantitative estimate of drug-likeness (QED) is 0.773. The van der Waals surface area contributed by atoms with Gasteiger partial charge in [-0.25, -0.2) is 4.39 Å². The zero-order chi connectivity index (χ0) is 11.1. The van der Waals surface area contributed by atoms with Crippen LogP contribution in [-0.4, -0.2) is 25.0 Å². The van der Waals surface area contributed by atoms with E-state index in [9.17, 15) is 9.18 Å². The third-order valence-corrected chi connectivity index (χ3v) is 3.50. The molecule has 1 unspecified atom stereocenters. The minimum absolute atomic E-state index is 0.0978. The summed E-state index contributed by atoms with van der Waals surface area (Å²) < 4.78 is 12.7. The van der Waals surface area contributed by atoms with Crippen LogP contribution in [0.2, 0.25) is 0 Å². The Morgan fingerprint density at radius 2 is 1.88 bits per heavy atom. The molecule has 2 N–H and O–H groups in total. The second-order valence-electron chi connectivity index (χ2n) is 4.49. The normalized spacial score (nSPS) is 30.9. The smallest absolute Gasteiger partial charge is 0.251 e. The topological polar surface area (TPSA) is 41.1 Å². The van der Waals surface area contributed by atoms with Gasteiger partial charge in [0.25, 0.3) is 5.91 Å². The van der Waals surface area contributed by atoms with Crippen molar-refractivity contribution in [1.82, 2.24) is 10.6 Å². The van der Waals surface area contributed by atoms with E-state index >= 15 is 0 Å². The van der Waals surface area contributed by atoms with Gasteiger partial charge in [-0.1, -0.05) is 0 Å². The van der Waals surface area contributed by atoms with Crippen molar-refractivity contribution in [2.75, 3.05) is 13.1 Å². The summed E-state index contributed by atoms with van der Waals surface area (Å²) >= 11 is 0. The van der Waals surface area contributed by atoms with E-state index in [1.54, 1.807) is 0 Å². The average Bonchev–Trinajstić information content (AvgIpc) is 2.75. The van der Waals surface area contributed by atoms with Gasteiger partial charge >= 0.3 is 0 Å². The highest BCUT2D eigenvalue weighted by Gasteiger charge is 2.53. The predicted octanol–water partition coefficient (Wildman–Crippen LogP) is 0.773. The number of halogens is 1. The van der Waals surface area contributed by atoms with E-state index in [-0.39, 0.29) is 11.7 Å². The molecular weight excluding hydrogens is 207 g/mol. The molecule has 1 aliphatic heterocycles. The fraction of sp³-hybridized carbons (Fsp3) is 0.417. The van der Waals surface area contributed by atoms with E-state index in [2.05, 4.69) is 10.6 Å². The maximum atomic E-state index is 12.7. The van der Waals surface area contributed by atoms with Gasteiger partial charge in [-0.2, -0.15) is 0 Å². The first-order valence-corrected chi connectivity index (χ1v) is 5.53. The minimum atomic E-state index is -0.316. The van der Waals surface area contributed by atoms with Gasteiger partial charge in [-0.15, -0.1) is 0 Å². The first-order valence-electron chi connectivity index (χ1n) is 5.53. The van der Waals surface area contributed by atoms with Gasteiger partial charge in [0.2, 0.25) is 0 Å². The van der Waals surface area contributed by atoms with Crippen molar-refractivity contribution < 1.29 is 9.18 Å². The zero-order valence-electron chi connectivity index (χ0n) is 8.74. The number of rotatable bonds is 2. The number of carbonyl (C=O) groups excluding carboxylic acids is 1. The summed E-state index contributed by atoms with van der Waals surface area (Å²) in [6, 6.07) is 5.97. The highest BCUT2D eigenvalue weighted by molar-refractivity contribution is 5.94. The summed E-state index contributed by atoms with van der Waals surface area (Å²) in [7, 11) is 0. The molecule has 3 nitrogen and oxygen atoms in total. The molecule has 2 aliphatic rings. The monoisotopic (exact) mass is 220 g/mol. The van der Waals surface area contributed by atoms with Crippen LogP contribution in [0.5, 0.6) is 0 Å². The Labute approximate surface area is 93.0 Å². The lowest BCUT2D eigenvalue weighted by atomic mass is 10.2. The molecule has 0 radical (unpaired) electrons. The Hall–Kier alpha value is -1.42. The Bertz CT molecular complexity index is 408. The summed E-state index contributed by atoms with van der Waals surface area (Å²) in [5, 5.41) is 6.26. The van der Waals surface area contributed by atoms with Crippen LogP contribution in [0.15, 0.2) is 24.3 Å². The van der Waals surface area contributed by atoms with Crippen molar-refractivity contribution in [2.24, 2.45) is 11.8 Å². The van der Waals surface area contributed by atoms with Crippen LogP contribution < -0.4 is 10.6 Å². The van der Waals surface area contributed by atoms with Crippen molar-refractivity contribution in [3.8, 4) is 0 Å². The van der Waals surface area contributed by atoms with Crippen molar-refractivity contribution >= 4 is 5.91 Å². The second-order valence-corrected chi connectivity index (χ2v) is 4.49. The number of hydrogen-bond acceptors (Lipinski definition) is 2. The molecular formula is C12H13FN2O. The second kappa shape index (κ2) is 3.56. The van der Waals surface area contributed by atoms with E-state index < -0.39 is 0 Å². The number of piperidine rings is 1. The molecule has 0 bridgehead atoms. The molecule has 0 aromatic heterocycles. The van der Waals surface area contributed by atoms with Crippen molar-refractivity contribution in [3.05, 3.63) is 35.6 Å². The molecule has 1 saturated heterocycles. The highest BCUT2D eigenvalue weighted by Crippen LogP contribution is 2.41. The molecule has 1 heterocycles. The average molecular weight is 220 g/mol. The fourth-order valence-corrected chi connectivity index (χ4v) is 2.47. The third-order valence-electron chi connectivity index (χ3n) is 3.50. The van der Waals surface area contributed by atoms with Gasteiger partial charge in [0, 0.05) is 24.7 Å². The summed E-state index contributed by atoms with van der Waals surface area (Å²) in [4.78, 5) is 11.8. The largest absolute Gasteiger partial charge is 0.349 e. The molecule has 4 heteroatoms.